The second kappa shape index (κ2) is 11.4. The summed E-state index contributed by atoms with van der Waals surface area (Å²) < 4.78 is 0. The van der Waals surface area contributed by atoms with E-state index in [4.69, 9.17) is 9.97 Å². The van der Waals surface area contributed by atoms with Crippen molar-refractivity contribution in [1.29, 1.82) is 0 Å². The van der Waals surface area contributed by atoms with Crippen LogP contribution >= 0.6 is 0 Å². The second-order valence-electron chi connectivity index (χ2n) is 15.9. The molecular weight excluding hydrogens is 581 g/mol. The predicted octanol–water partition coefficient (Wildman–Crippen LogP) is 11.4. The first-order chi connectivity index (χ1) is 22.8. The Morgan fingerprint density at radius 2 is 0.812 bits per heavy atom. The van der Waals surface area contributed by atoms with E-state index in [9.17, 15) is 0 Å². The molecule has 6 aromatic rings. The van der Waals surface area contributed by atoms with E-state index in [1.54, 1.807) is 0 Å². The Morgan fingerprint density at radius 3 is 1.19 bits per heavy atom. The molecule has 1 aliphatic rings. The molecule has 0 unspecified atom stereocenters. The van der Waals surface area contributed by atoms with Gasteiger partial charge in [-0.15, -0.1) is 0 Å². The third kappa shape index (κ3) is 5.19. The standard InChI is InChI=1S/C46H46N2/c1-43(2,3)33-25-27-35-37(29-33)46(41-23-15-21-39(47-41)31-17-11-9-12-18-31,42-24-16-22-40(48-42)32-19-13-10-14-20-32)38-30-34(44(4,5)6)26-28-36(38)45(35,7)8/h9-30H,1-8H3. The van der Waals surface area contributed by atoms with Gasteiger partial charge in [-0.05, 0) is 68.5 Å². The van der Waals surface area contributed by atoms with Crippen LogP contribution in [0, 0.1) is 0 Å². The number of hydrogen-bond acceptors (Lipinski definition) is 2. The lowest BCUT2D eigenvalue weighted by Gasteiger charge is -2.48. The Morgan fingerprint density at radius 1 is 0.417 bits per heavy atom. The van der Waals surface area contributed by atoms with E-state index in [2.05, 4.69) is 189 Å². The van der Waals surface area contributed by atoms with E-state index in [0.717, 1.165) is 33.9 Å². The summed E-state index contributed by atoms with van der Waals surface area (Å²) in [5, 5.41) is 0. The first-order valence-electron chi connectivity index (χ1n) is 17.2. The van der Waals surface area contributed by atoms with Crippen LogP contribution in [0.25, 0.3) is 22.5 Å². The lowest BCUT2D eigenvalue weighted by molar-refractivity contribution is 0.530. The first-order valence-corrected chi connectivity index (χ1v) is 17.2. The smallest absolute Gasteiger partial charge is 0.105 e. The molecule has 2 nitrogen and oxygen atoms in total. The Labute approximate surface area is 287 Å². The zero-order chi connectivity index (χ0) is 33.9. The van der Waals surface area contributed by atoms with Crippen molar-refractivity contribution in [1.82, 2.24) is 9.97 Å². The molecule has 0 radical (unpaired) electrons. The highest BCUT2D eigenvalue weighted by Crippen LogP contribution is 2.56. The maximum atomic E-state index is 5.61. The van der Waals surface area contributed by atoms with Crippen molar-refractivity contribution < 1.29 is 0 Å². The number of hydrogen-bond donors (Lipinski definition) is 0. The lowest BCUT2D eigenvalue weighted by Crippen LogP contribution is -2.43. The molecule has 4 aromatic carbocycles. The predicted molar refractivity (Wildman–Crippen MR) is 201 cm³/mol. The van der Waals surface area contributed by atoms with Gasteiger partial charge in [-0.1, -0.05) is 165 Å². The zero-order valence-corrected chi connectivity index (χ0v) is 29.6. The summed E-state index contributed by atoms with van der Waals surface area (Å²) in [7, 11) is 0. The van der Waals surface area contributed by atoms with Crippen molar-refractivity contribution in [2.75, 3.05) is 0 Å². The molecular formula is C46H46N2. The summed E-state index contributed by atoms with van der Waals surface area (Å²) >= 11 is 0. The van der Waals surface area contributed by atoms with Gasteiger partial charge in [0, 0.05) is 16.5 Å². The monoisotopic (exact) mass is 626 g/mol. The number of pyridine rings is 2. The normalized spacial score (nSPS) is 15.0. The average molecular weight is 627 g/mol. The van der Waals surface area contributed by atoms with Gasteiger partial charge in [0.05, 0.1) is 22.8 Å². The number of benzene rings is 4. The van der Waals surface area contributed by atoms with E-state index in [1.165, 1.54) is 33.4 Å². The molecule has 240 valence electrons. The van der Waals surface area contributed by atoms with Crippen LogP contribution in [0.3, 0.4) is 0 Å². The Bertz CT molecular complexity index is 1960. The molecule has 0 saturated carbocycles. The van der Waals surface area contributed by atoms with Crippen molar-refractivity contribution in [3.63, 3.8) is 0 Å². The van der Waals surface area contributed by atoms with Gasteiger partial charge in [0.25, 0.3) is 0 Å². The van der Waals surface area contributed by atoms with Crippen molar-refractivity contribution >= 4 is 0 Å². The van der Waals surface area contributed by atoms with Crippen LogP contribution in [-0.4, -0.2) is 9.97 Å². The Balaban J connectivity index is 1.68. The van der Waals surface area contributed by atoms with E-state index >= 15 is 0 Å². The summed E-state index contributed by atoms with van der Waals surface area (Å²) in [6.45, 7) is 18.6. The molecule has 2 heterocycles. The van der Waals surface area contributed by atoms with Gasteiger partial charge in [0.15, 0.2) is 0 Å². The fourth-order valence-corrected chi connectivity index (χ4v) is 7.53. The fraction of sp³-hybridized carbons (Fsp3) is 0.261. The van der Waals surface area contributed by atoms with E-state index < -0.39 is 5.41 Å². The van der Waals surface area contributed by atoms with Gasteiger partial charge in [-0.2, -0.15) is 0 Å². The second-order valence-corrected chi connectivity index (χ2v) is 15.9. The molecule has 0 bridgehead atoms. The van der Waals surface area contributed by atoms with Gasteiger partial charge in [0.1, 0.15) is 5.41 Å². The van der Waals surface area contributed by atoms with Gasteiger partial charge in [-0.25, -0.2) is 0 Å². The SMILES string of the molecule is CC(C)(C)c1ccc2c(c1)C(c1cccc(-c3ccccc3)n1)(c1cccc(-c3ccccc3)n1)c1cc(C(C)(C)C)ccc1C2(C)C. The fourth-order valence-electron chi connectivity index (χ4n) is 7.53. The first kappa shape index (κ1) is 31.8. The summed E-state index contributed by atoms with van der Waals surface area (Å²) in [5.41, 5.74) is 12.7. The van der Waals surface area contributed by atoms with Crippen LogP contribution in [0.5, 0.6) is 0 Å². The van der Waals surface area contributed by atoms with Gasteiger partial charge in [0.2, 0.25) is 0 Å². The minimum atomic E-state index is -0.779. The molecule has 2 heteroatoms. The van der Waals surface area contributed by atoms with Crippen molar-refractivity contribution in [2.24, 2.45) is 0 Å². The molecule has 48 heavy (non-hydrogen) atoms. The summed E-state index contributed by atoms with van der Waals surface area (Å²) in [6, 6.07) is 48.5. The van der Waals surface area contributed by atoms with Gasteiger partial charge in [-0.3, -0.25) is 9.97 Å². The van der Waals surface area contributed by atoms with Gasteiger partial charge >= 0.3 is 0 Å². The molecule has 0 N–H and O–H groups in total. The molecule has 0 atom stereocenters. The highest BCUT2D eigenvalue weighted by Gasteiger charge is 2.51. The van der Waals surface area contributed by atoms with Crippen LogP contribution in [0.1, 0.15) is 100 Å². The summed E-state index contributed by atoms with van der Waals surface area (Å²) in [6.07, 6.45) is 0. The third-order valence-electron chi connectivity index (χ3n) is 10.3. The minimum Gasteiger partial charge on any atom is -0.251 e. The summed E-state index contributed by atoms with van der Waals surface area (Å²) in [4.78, 5) is 11.2. The van der Waals surface area contributed by atoms with E-state index in [1.807, 2.05) is 0 Å². The molecule has 0 saturated heterocycles. The van der Waals surface area contributed by atoms with Crippen LogP contribution in [0.4, 0.5) is 0 Å². The minimum absolute atomic E-state index is 0.0446. The average Bonchev–Trinajstić information content (AvgIpc) is 3.08. The summed E-state index contributed by atoms with van der Waals surface area (Å²) in [5.74, 6) is 0. The van der Waals surface area contributed by atoms with Crippen LogP contribution < -0.4 is 0 Å². The quantitative estimate of drug-likeness (QED) is 0.195. The Hall–Kier alpha value is -4.82. The molecule has 0 fully saturated rings. The molecule has 0 spiro atoms. The van der Waals surface area contributed by atoms with Crippen LogP contribution in [0.2, 0.25) is 0 Å². The van der Waals surface area contributed by atoms with Crippen molar-refractivity contribution in [3.8, 4) is 22.5 Å². The molecule has 0 amide bonds. The highest BCUT2D eigenvalue weighted by atomic mass is 14.8. The highest BCUT2D eigenvalue weighted by molar-refractivity contribution is 5.71. The Kier molecular flexibility index (Phi) is 7.55. The number of nitrogens with zero attached hydrogens (tertiary/aromatic N) is 2. The number of rotatable bonds is 4. The molecule has 0 aliphatic heterocycles. The maximum Gasteiger partial charge on any atom is 0.105 e. The lowest BCUT2D eigenvalue weighted by atomic mass is 9.55. The van der Waals surface area contributed by atoms with Crippen molar-refractivity contribution in [2.45, 2.75) is 77.0 Å². The zero-order valence-electron chi connectivity index (χ0n) is 29.6. The molecule has 1 aliphatic carbocycles. The van der Waals surface area contributed by atoms with E-state index in [-0.39, 0.29) is 16.2 Å². The van der Waals surface area contributed by atoms with Crippen LogP contribution in [-0.2, 0) is 21.7 Å². The van der Waals surface area contributed by atoms with Gasteiger partial charge < -0.3 is 0 Å². The largest absolute Gasteiger partial charge is 0.251 e. The maximum absolute atomic E-state index is 5.61. The van der Waals surface area contributed by atoms with Crippen LogP contribution in [0.15, 0.2) is 133 Å². The number of aromatic nitrogens is 2. The molecule has 7 rings (SSSR count). The third-order valence-corrected chi connectivity index (χ3v) is 10.3. The number of fused-ring (bicyclic) bond motifs is 2. The topological polar surface area (TPSA) is 25.8 Å². The van der Waals surface area contributed by atoms with E-state index in [0.29, 0.717) is 0 Å². The van der Waals surface area contributed by atoms with Crippen molar-refractivity contribution in [3.05, 3.63) is 178 Å². The molecule has 2 aromatic heterocycles.